The molecular weight excluding hydrogens is 827 g/mol. The molecule has 0 aliphatic rings. The topological polar surface area (TPSA) is 48.5 Å². The number of rotatable bonds is 8. The molecule has 5 nitrogen and oxygen atoms in total. The first-order valence-electron chi connectivity index (χ1n) is 23.0. The van der Waals surface area contributed by atoms with E-state index in [0.29, 0.717) is 17.5 Å². The number of fused-ring (bicyclic) bond motifs is 6. The van der Waals surface area contributed by atoms with Gasteiger partial charge in [-0.25, -0.2) is 15.0 Å². The molecule has 0 bridgehead atoms. The van der Waals surface area contributed by atoms with E-state index in [4.69, 9.17) is 15.0 Å². The number of para-hydroxylation sites is 4. The van der Waals surface area contributed by atoms with Crippen molar-refractivity contribution < 1.29 is 0 Å². The van der Waals surface area contributed by atoms with Crippen molar-refractivity contribution in [3.05, 3.63) is 249 Å². The fraction of sp³-hybridized carbons (Fsp3) is 0. The van der Waals surface area contributed by atoms with Crippen molar-refractivity contribution in [2.45, 2.75) is 0 Å². The highest BCUT2D eigenvalue weighted by atomic mass is 15.0. The van der Waals surface area contributed by atoms with Crippen molar-refractivity contribution in [2.75, 3.05) is 0 Å². The summed E-state index contributed by atoms with van der Waals surface area (Å²) in [6, 6.07) is 88.2. The lowest BCUT2D eigenvalue weighted by Crippen LogP contribution is -2.02. The summed E-state index contributed by atoms with van der Waals surface area (Å²) >= 11 is 0. The lowest BCUT2D eigenvalue weighted by molar-refractivity contribution is 1.07. The first-order valence-corrected chi connectivity index (χ1v) is 23.0. The second-order valence-electron chi connectivity index (χ2n) is 17.2. The van der Waals surface area contributed by atoms with Crippen LogP contribution in [-0.2, 0) is 0 Å². The summed E-state index contributed by atoms with van der Waals surface area (Å²) in [5.74, 6) is 1.82. The van der Waals surface area contributed by atoms with E-state index in [1.165, 1.54) is 38.1 Å². The lowest BCUT2D eigenvalue weighted by Gasteiger charge is -2.17. The van der Waals surface area contributed by atoms with Gasteiger partial charge in [-0.05, 0) is 58.7 Å². The van der Waals surface area contributed by atoms with E-state index < -0.39 is 0 Å². The molecule has 0 saturated heterocycles. The predicted molar refractivity (Wildman–Crippen MR) is 281 cm³/mol. The van der Waals surface area contributed by atoms with E-state index in [-0.39, 0.29) is 0 Å². The van der Waals surface area contributed by atoms with Gasteiger partial charge in [-0.3, -0.25) is 0 Å². The maximum absolute atomic E-state index is 5.29. The van der Waals surface area contributed by atoms with Gasteiger partial charge in [0.05, 0.1) is 33.4 Å². The van der Waals surface area contributed by atoms with Crippen molar-refractivity contribution in [3.8, 4) is 78.9 Å². The lowest BCUT2D eigenvalue weighted by atomic mass is 9.97. The van der Waals surface area contributed by atoms with Gasteiger partial charge < -0.3 is 9.13 Å². The largest absolute Gasteiger partial charge is 0.309 e. The summed E-state index contributed by atoms with van der Waals surface area (Å²) in [7, 11) is 0. The Bertz CT molecular complexity index is 3900. The SMILES string of the molecule is c1ccc(-c2ccc(-c3ccc(-c4nc(-c5ccccc5)nc(-c5ccc(-c6ccccc6)c(-n6c7ccccc7c7ccccc76)c5)n4)cc3)c(-n3c4ccccc4c4ccccc43)c2)cc1. The van der Waals surface area contributed by atoms with E-state index >= 15 is 0 Å². The van der Waals surface area contributed by atoms with Gasteiger partial charge in [-0.2, -0.15) is 0 Å². The third-order valence-electron chi connectivity index (χ3n) is 13.2. The van der Waals surface area contributed by atoms with E-state index in [1.807, 2.05) is 18.2 Å². The van der Waals surface area contributed by atoms with Crippen molar-refractivity contribution in [2.24, 2.45) is 0 Å². The molecule has 0 spiro atoms. The van der Waals surface area contributed by atoms with Gasteiger partial charge in [-0.1, -0.05) is 212 Å². The third-order valence-corrected chi connectivity index (χ3v) is 13.2. The van der Waals surface area contributed by atoms with E-state index in [0.717, 1.165) is 66.9 Å². The average Bonchev–Trinajstić information content (AvgIpc) is 3.94. The van der Waals surface area contributed by atoms with Crippen LogP contribution in [0.1, 0.15) is 0 Å². The molecule has 3 aromatic heterocycles. The van der Waals surface area contributed by atoms with Gasteiger partial charge in [-0.15, -0.1) is 0 Å². The van der Waals surface area contributed by atoms with E-state index in [9.17, 15) is 0 Å². The van der Waals surface area contributed by atoms with Crippen molar-refractivity contribution in [1.29, 1.82) is 0 Å². The van der Waals surface area contributed by atoms with Crippen LogP contribution in [0.4, 0.5) is 0 Å². The molecule has 0 saturated carbocycles. The summed E-state index contributed by atoms with van der Waals surface area (Å²) in [5, 5.41) is 4.87. The van der Waals surface area contributed by atoms with Crippen molar-refractivity contribution in [1.82, 2.24) is 24.1 Å². The quantitative estimate of drug-likeness (QED) is 0.153. The van der Waals surface area contributed by atoms with Crippen LogP contribution in [0.3, 0.4) is 0 Å². The number of benzene rings is 10. The van der Waals surface area contributed by atoms with Gasteiger partial charge in [0.25, 0.3) is 0 Å². The fourth-order valence-electron chi connectivity index (χ4n) is 10.0. The highest BCUT2D eigenvalue weighted by Crippen LogP contribution is 2.41. The van der Waals surface area contributed by atoms with Crippen LogP contribution in [0.5, 0.6) is 0 Å². The predicted octanol–water partition coefficient (Wildman–Crippen LogP) is 16.1. The number of nitrogens with zero attached hydrogens (tertiary/aromatic N) is 5. The highest BCUT2D eigenvalue weighted by molar-refractivity contribution is 6.11. The van der Waals surface area contributed by atoms with Gasteiger partial charge >= 0.3 is 0 Å². The smallest absolute Gasteiger partial charge is 0.164 e. The minimum absolute atomic E-state index is 0.602. The highest BCUT2D eigenvalue weighted by Gasteiger charge is 2.20. The van der Waals surface area contributed by atoms with E-state index in [2.05, 4.69) is 240 Å². The van der Waals surface area contributed by atoms with Crippen LogP contribution in [-0.4, -0.2) is 24.1 Å². The molecule has 0 fully saturated rings. The molecule has 318 valence electrons. The van der Waals surface area contributed by atoms with Gasteiger partial charge in [0, 0.05) is 49.4 Å². The minimum atomic E-state index is 0.602. The Morgan fingerprint density at radius 2 is 0.515 bits per heavy atom. The fourth-order valence-corrected chi connectivity index (χ4v) is 10.0. The van der Waals surface area contributed by atoms with E-state index in [1.54, 1.807) is 0 Å². The zero-order valence-electron chi connectivity index (χ0n) is 36.9. The Hall–Kier alpha value is -9.19. The molecule has 13 aromatic rings. The molecule has 3 heterocycles. The standard InChI is InChI=1S/C63H41N5/c1-4-18-42(19-5-1)47-36-38-50(59(40-47)67-55-28-14-10-24-51(55)52-25-11-15-29-56(52)67)44-32-34-46(35-33-44)62-64-61(45-22-8-3-9-23-45)65-63(66-62)48-37-39-49(43-20-6-2-7-21-43)60(41-48)68-57-30-16-12-26-53(57)54-27-13-17-31-58(54)68/h1-41H. The number of hydrogen-bond donors (Lipinski definition) is 0. The molecule has 0 unspecified atom stereocenters. The number of hydrogen-bond acceptors (Lipinski definition) is 3. The minimum Gasteiger partial charge on any atom is -0.309 e. The zero-order chi connectivity index (χ0) is 45.0. The normalized spacial score (nSPS) is 11.5. The molecule has 10 aromatic carbocycles. The van der Waals surface area contributed by atoms with Gasteiger partial charge in [0.2, 0.25) is 0 Å². The summed E-state index contributed by atoms with van der Waals surface area (Å²) in [4.78, 5) is 15.7. The van der Waals surface area contributed by atoms with Crippen LogP contribution in [0.2, 0.25) is 0 Å². The molecular formula is C63H41N5. The maximum atomic E-state index is 5.29. The monoisotopic (exact) mass is 867 g/mol. The van der Waals surface area contributed by atoms with Crippen molar-refractivity contribution >= 4 is 43.6 Å². The second-order valence-corrected chi connectivity index (χ2v) is 17.2. The second kappa shape index (κ2) is 16.4. The molecule has 5 heteroatoms. The van der Waals surface area contributed by atoms with Gasteiger partial charge in [0.1, 0.15) is 0 Å². The van der Waals surface area contributed by atoms with Crippen LogP contribution < -0.4 is 0 Å². The van der Waals surface area contributed by atoms with Gasteiger partial charge in [0.15, 0.2) is 17.5 Å². The first-order chi connectivity index (χ1) is 33.7. The molecule has 0 aliphatic heterocycles. The zero-order valence-corrected chi connectivity index (χ0v) is 36.9. The Morgan fingerprint density at radius 1 is 0.221 bits per heavy atom. The summed E-state index contributed by atoms with van der Waals surface area (Å²) in [5.41, 5.74) is 16.3. The number of aromatic nitrogens is 5. The third kappa shape index (κ3) is 6.68. The Balaban J connectivity index is 0.972. The molecule has 0 N–H and O–H groups in total. The van der Waals surface area contributed by atoms with Crippen molar-refractivity contribution in [3.63, 3.8) is 0 Å². The van der Waals surface area contributed by atoms with Crippen LogP contribution in [0, 0.1) is 0 Å². The Morgan fingerprint density at radius 3 is 0.971 bits per heavy atom. The summed E-state index contributed by atoms with van der Waals surface area (Å²) < 4.78 is 4.80. The maximum Gasteiger partial charge on any atom is 0.164 e. The summed E-state index contributed by atoms with van der Waals surface area (Å²) in [6.07, 6.45) is 0. The van der Waals surface area contributed by atoms with Crippen LogP contribution in [0.25, 0.3) is 123 Å². The molecule has 68 heavy (non-hydrogen) atoms. The molecule has 0 radical (unpaired) electrons. The average molecular weight is 868 g/mol. The molecule has 13 rings (SSSR count). The molecule has 0 aliphatic carbocycles. The Kier molecular flexibility index (Phi) is 9.43. The first kappa shape index (κ1) is 39.2. The van der Waals surface area contributed by atoms with Crippen LogP contribution >= 0.6 is 0 Å². The molecule has 0 amide bonds. The van der Waals surface area contributed by atoms with Crippen LogP contribution in [0.15, 0.2) is 249 Å². The molecule has 0 atom stereocenters. The summed E-state index contributed by atoms with van der Waals surface area (Å²) in [6.45, 7) is 0. The Labute approximate surface area is 393 Å².